The molecular formula is C13H21N3O2. The highest BCUT2D eigenvalue weighted by atomic mass is 16.5. The Morgan fingerprint density at radius 3 is 2.78 bits per heavy atom. The molecule has 5 heteroatoms. The summed E-state index contributed by atoms with van der Waals surface area (Å²) in [7, 11) is 0. The standard InChI is InChI=1S/C13H21N3O2/c1-10(2)16-6-3-11(4-7-16)9-13-14-12(5-8-17)15-18-13/h8,10-11H,3-7,9H2,1-2H3. The summed E-state index contributed by atoms with van der Waals surface area (Å²) in [5.41, 5.74) is 0. The van der Waals surface area contributed by atoms with Gasteiger partial charge in [0.15, 0.2) is 5.82 Å². The number of nitrogens with zero attached hydrogens (tertiary/aromatic N) is 3. The van der Waals surface area contributed by atoms with Crippen LogP contribution in [0.4, 0.5) is 0 Å². The largest absolute Gasteiger partial charge is 0.339 e. The van der Waals surface area contributed by atoms with E-state index in [1.165, 1.54) is 12.8 Å². The molecule has 0 radical (unpaired) electrons. The summed E-state index contributed by atoms with van der Waals surface area (Å²) in [6, 6.07) is 0.633. The molecule has 0 saturated carbocycles. The molecule has 2 rings (SSSR count). The van der Waals surface area contributed by atoms with E-state index in [0.29, 0.717) is 23.7 Å². The fourth-order valence-electron chi connectivity index (χ4n) is 2.45. The maximum atomic E-state index is 10.3. The lowest BCUT2D eigenvalue weighted by molar-refractivity contribution is -0.107. The molecule has 1 fully saturated rings. The normalized spacial score (nSPS) is 18.4. The first-order valence-electron chi connectivity index (χ1n) is 6.68. The van der Waals surface area contributed by atoms with Crippen molar-refractivity contribution in [2.24, 2.45) is 5.92 Å². The van der Waals surface area contributed by atoms with Crippen molar-refractivity contribution in [1.82, 2.24) is 15.0 Å². The van der Waals surface area contributed by atoms with Gasteiger partial charge in [-0.15, -0.1) is 0 Å². The third-order valence-corrected chi connectivity index (χ3v) is 3.62. The number of aromatic nitrogens is 2. The molecule has 0 aromatic carbocycles. The lowest BCUT2D eigenvalue weighted by Crippen LogP contribution is -2.38. The number of aldehydes is 1. The van der Waals surface area contributed by atoms with Gasteiger partial charge in [-0.05, 0) is 45.7 Å². The van der Waals surface area contributed by atoms with Gasteiger partial charge in [0.05, 0.1) is 6.42 Å². The summed E-state index contributed by atoms with van der Waals surface area (Å²) < 4.78 is 5.16. The van der Waals surface area contributed by atoms with E-state index in [0.717, 1.165) is 25.8 Å². The number of hydrogen-bond acceptors (Lipinski definition) is 5. The van der Waals surface area contributed by atoms with Crippen LogP contribution < -0.4 is 0 Å². The average molecular weight is 251 g/mol. The molecule has 1 aliphatic rings. The molecule has 0 aliphatic carbocycles. The molecule has 5 nitrogen and oxygen atoms in total. The van der Waals surface area contributed by atoms with Crippen LogP contribution in [-0.2, 0) is 17.6 Å². The third kappa shape index (κ3) is 3.38. The molecule has 0 bridgehead atoms. The SMILES string of the molecule is CC(C)N1CCC(Cc2nc(CC=O)no2)CC1. The molecule has 1 aliphatic heterocycles. The zero-order valence-corrected chi connectivity index (χ0v) is 11.1. The van der Waals surface area contributed by atoms with E-state index >= 15 is 0 Å². The van der Waals surface area contributed by atoms with Crippen molar-refractivity contribution in [3.63, 3.8) is 0 Å². The third-order valence-electron chi connectivity index (χ3n) is 3.62. The van der Waals surface area contributed by atoms with E-state index in [-0.39, 0.29) is 6.42 Å². The van der Waals surface area contributed by atoms with Crippen molar-refractivity contribution in [3.05, 3.63) is 11.7 Å². The zero-order chi connectivity index (χ0) is 13.0. The number of rotatable bonds is 5. The minimum atomic E-state index is 0.245. The van der Waals surface area contributed by atoms with E-state index in [2.05, 4.69) is 28.9 Å². The van der Waals surface area contributed by atoms with Gasteiger partial charge in [-0.1, -0.05) is 5.16 Å². The highest BCUT2D eigenvalue weighted by Crippen LogP contribution is 2.22. The van der Waals surface area contributed by atoms with Gasteiger partial charge in [0.1, 0.15) is 6.29 Å². The number of hydrogen-bond donors (Lipinski definition) is 0. The summed E-state index contributed by atoms with van der Waals surface area (Å²) in [5, 5.41) is 3.79. The van der Waals surface area contributed by atoms with Crippen molar-refractivity contribution >= 4 is 6.29 Å². The summed E-state index contributed by atoms with van der Waals surface area (Å²) in [6.07, 6.45) is 4.26. The van der Waals surface area contributed by atoms with E-state index in [4.69, 9.17) is 4.52 Å². The molecule has 0 amide bonds. The molecule has 1 saturated heterocycles. The Hall–Kier alpha value is -1.23. The Morgan fingerprint density at radius 1 is 1.44 bits per heavy atom. The predicted molar refractivity (Wildman–Crippen MR) is 67.2 cm³/mol. The Balaban J connectivity index is 1.81. The second-order valence-corrected chi connectivity index (χ2v) is 5.25. The Labute approximate surface area is 108 Å². The molecule has 1 aromatic heterocycles. The van der Waals surface area contributed by atoms with Crippen LogP contribution in [0.5, 0.6) is 0 Å². The van der Waals surface area contributed by atoms with Crippen molar-refractivity contribution in [2.75, 3.05) is 13.1 Å². The second-order valence-electron chi connectivity index (χ2n) is 5.25. The first kappa shape index (κ1) is 13.2. The van der Waals surface area contributed by atoms with Crippen LogP contribution in [-0.4, -0.2) is 40.5 Å². The fourth-order valence-corrected chi connectivity index (χ4v) is 2.45. The molecule has 2 heterocycles. The zero-order valence-electron chi connectivity index (χ0n) is 11.1. The molecule has 100 valence electrons. The van der Waals surface area contributed by atoms with E-state index < -0.39 is 0 Å². The van der Waals surface area contributed by atoms with Crippen molar-refractivity contribution in [3.8, 4) is 0 Å². The van der Waals surface area contributed by atoms with Crippen molar-refractivity contribution < 1.29 is 9.32 Å². The van der Waals surface area contributed by atoms with Gasteiger partial charge >= 0.3 is 0 Å². The first-order chi connectivity index (χ1) is 8.69. The van der Waals surface area contributed by atoms with Crippen LogP contribution >= 0.6 is 0 Å². The van der Waals surface area contributed by atoms with E-state index in [9.17, 15) is 4.79 Å². The lowest BCUT2D eigenvalue weighted by atomic mass is 9.93. The summed E-state index contributed by atoms with van der Waals surface area (Å²) >= 11 is 0. The number of piperidine rings is 1. The van der Waals surface area contributed by atoms with Gasteiger partial charge in [0, 0.05) is 12.5 Å². The fraction of sp³-hybridized carbons (Fsp3) is 0.769. The first-order valence-corrected chi connectivity index (χ1v) is 6.68. The lowest BCUT2D eigenvalue weighted by Gasteiger charge is -2.34. The average Bonchev–Trinajstić information content (AvgIpc) is 2.78. The molecule has 1 aromatic rings. The molecule has 0 N–H and O–H groups in total. The quantitative estimate of drug-likeness (QED) is 0.742. The Bertz CT molecular complexity index is 381. The second kappa shape index (κ2) is 6.09. The summed E-state index contributed by atoms with van der Waals surface area (Å²) in [4.78, 5) is 17.1. The number of likely N-dealkylation sites (tertiary alicyclic amines) is 1. The predicted octanol–water partition coefficient (Wildman–Crippen LogP) is 1.47. The Morgan fingerprint density at radius 2 is 2.17 bits per heavy atom. The van der Waals surface area contributed by atoms with Crippen LogP contribution in [0.2, 0.25) is 0 Å². The smallest absolute Gasteiger partial charge is 0.226 e. The van der Waals surface area contributed by atoms with Gasteiger partial charge in [0.2, 0.25) is 5.89 Å². The van der Waals surface area contributed by atoms with E-state index in [1.807, 2.05) is 0 Å². The van der Waals surface area contributed by atoms with Crippen LogP contribution in [0.15, 0.2) is 4.52 Å². The van der Waals surface area contributed by atoms with Gasteiger partial charge in [0.25, 0.3) is 0 Å². The molecule has 18 heavy (non-hydrogen) atoms. The summed E-state index contributed by atoms with van der Waals surface area (Å²) in [5.74, 6) is 1.80. The van der Waals surface area contributed by atoms with Gasteiger partial charge in [-0.3, -0.25) is 0 Å². The van der Waals surface area contributed by atoms with Gasteiger partial charge in [-0.2, -0.15) is 4.98 Å². The van der Waals surface area contributed by atoms with Gasteiger partial charge in [-0.25, -0.2) is 0 Å². The van der Waals surface area contributed by atoms with Crippen LogP contribution in [0.1, 0.15) is 38.4 Å². The minimum Gasteiger partial charge on any atom is -0.339 e. The number of carbonyl (C=O) groups is 1. The topological polar surface area (TPSA) is 59.2 Å². The molecule has 0 atom stereocenters. The number of carbonyl (C=O) groups excluding carboxylic acids is 1. The molecule has 0 spiro atoms. The maximum absolute atomic E-state index is 10.3. The maximum Gasteiger partial charge on any atom is 0.226 e. The molecular weight excluding hydrogens is 230 g/mol. The monoisotopic (exact) mass is 251 g/mol. The minimum absolute atomic E-state index is 0.245. The summed E-state index contributed by atoms with van der Waals surface area (Å²) in [6.45, 7) is 6.78. The van der Waals surface area contributed by atoms with Crippen LogP contribution in [0.25, 0.3) is 0 Å². The highest BCUT2D eigenvalue weighted by Gasteiger charge is 2.22. The Kier molecular flexibility index (Phi) is 4.47. The van der Waals surface area contributed by atoms with Crippen LogP contribution in [0, 0.1) is 5.92 Å². The van der Waals surface area contributed by atoms with Crippen LogP contribution in [0.3, 0.4) is 0 Å². The van der Waals surface area contributed by atoms with Crippen molar-refractivity contribution in [1.29, 1.82) is 0 Å². The van der Waals surface area contributed by atoms with E-state index in [1.54, 1.807) is 0 Å². The highest BCUT2D eigenvalue weighted by molar-refractivity contribution is 5.52. The van der Waals surface area contributed by atoms with Crippen molar-refractivity contribution in [2.45, 2.75) is 45.6 Å². The van der Waals surface area contributed by atoms with Gasteiger partial charge < -0.3 is 14.2 Å². The molecule has 0 unspecified atom stereocenters.